The lowest BCUT2D eigenvalue weighted by Gasteiger charge is -2.06. The smallest absolute Gasteiger partial charge is 0.297 e. The van der Waals surface area contributed by atoms with Crippen molar-refractivity contribution in [2.24, 2.45) is 0 Å². The molecule has 0 unspecified atom stereocenters. The van der Waals surface area contributed by atoms with Crippen LogP contribution in [0.1, 0.15) is 16.7 Å². The number of amides is 1. The van der Waals surface area contributed by atoms with Gasteiger partial charge in [-0.3, -0.25) is 9.59 Å². The van der Waals surface area contributed by atoms with Crippen LogP contribution in [0.4, 0.5) is 5.82 Å². The highest BCUT2D eigenvalue weighted by atomic mass is 16.3. The van der Waals surface area contributed by atoms with Crippen molar-refractivity contribution < 1.29 is 14.7 Å². The Morgan fingerprint density at radius 1 is 1.18 bits per heavy atom. The third-order valence-corrected chi connectivity index (χ3v) is 3.06. The van der Waals surface area contributed by atoms with Gasteiger partial charge in [0.2, 0.25) is 5.78 Å². The zero-order valence-corrected chi connectivity index (χ0v) is 12.3. The first-order valence-corrected chi connectivity index (χ1v) is 6.72. The van der Waals surface area contributed by atoms with Gasteiger partial charge >= 0.3 is 0 Å². The molecule has 2 aromatic rings. The van der Waals surface area contributed by atoms with Crippen molar-refractivity contribution in [3.8, 4) is 0 Å². The zero-order chi connectivity index (χ0) is 16.1. The topological polar surface area (TPSA) is 79.3 Å². The number of nitrogens with one attached hydrogen (secondary N) is 1. The number of ketones is 1. The Labute approximate surface area is 128 Å². The summed E-state index contributed by atoms with van der Waals surface area (Å²) in [6.45, 7) is 3.76. The SMILES string of the molecule is Cc1ccc(C(O)=CC(=O)C(=O)Nc2ccccn2)c(C)c1. The van der Waals surface area contributed by atoms with Gasteiger partial charge in [0, 0.05) is 17.8 Å². The molecule has 0 aliphatic rings. The average Bonchev–Trinajstić information content (AvgIpc) is 2.47. The lowest BCUT2D eigenvalue weighted by molar-refractivity contribution is -0.132. The Hall–Kier alpha value is -2.95. The summed E-state index contributed by atoms with van der Waals surface area (Å²) in [6.07, 6.45) is 2.42. The second-order valence-corrected chi connectivity index (χ2v) is 4.88. The zero-order valence-electron chi connectivity index (χ0n) is 12.3. The van der Waals surface area contributed by atoms with E-state index in [1.54, 1.807) is 24.3 Å². The van der Waals surface area contributed by atoms with Crippen molar-refractivity contribution in [2.45, 2.75) is 13.8 Å². The van der Waals surface area contributed by atoms with Crippen molar-refractivity contribution in [1.82, 2.24) is 4.98 Å². The van der Waals surface area contributed by atoms with Crippen LogP contribution < -0.4 is 5.32 Å². The lowest BCUT2D eigenvalue weighted by Crippen LogP contribution is -2.21. The molecule has 1 aromatic carbocycles. The van der Waals surface area contributed by atoms with E-state index in [-0.39, 0.29) is 11.6 Å². The molecular formula is C17H16N2O3. The molecule has 1 amide bonds. The maximum atomic E-state index is 11.8. The molecule has 0 saturated carbocycles. The van der Waals surface area contributed by atoms with Crippen LogP contribution in [0.25, 0.3) is 5.76 Å². The second kappa shape index (κ2) is 6.67. The molecule has 0 radical (unpaired) electrons. The van der Waals surface area contributed by atoms with Gasteiger partial charge in [0.25, 0.3) is 5.91 Å². The number of hydrogen-bond acceptors (Lipinski definition) is 4. The van der Waals surface area contributed by atoms with Crippen molar-refractivity contribution in [3.05, 3.63) is 65.4 Å². The maximum absolute atomic E-state index is 11.8. The normalized spacial score (nSPS) is 11.1. The average molecular weight is 296 g/mol. The first-order valence-electron chi connectivity index (χ1n) is 6.72. The van der Waals surface area contributed by atoms with Crippen LogP contribution in [-0.2, 0) is 9.59 Å². The molecular weight excluding hydrogens is 280 g/mol. The second-order valence-electron chi connectivity index (χ2n) is 4.88. The molecule has 5 nitrogen and oxygen atoms in total. The Bertz CT molecular complexity index is 737. The van der Waals surface area contributed by atoms with Gasteiger partial charge in [-0.1, -0.05) is 29.8 Å². The van der Waals surface area contributed by atoms with Crippen LogP contribution in [0, 0.1) is 13.8 Å². The van der Waals surface area contributed by atoms with E-state index >= 15 is 0 Å². The van der Waals surface area contributed by atoms with E-state index < -0.39 is 11.7 Å². The van der Waals surface area contributed by atoms with E-state index in [2.05, 4.69) is 10.3 Å². The molecule has 1 aromatic heterocycles. The summed E-state index contributed by atoms with van der Waals surface area (Å²) in [5, 5.41) is 12.4. The summed E-state index contributed by atoms with van der Waals surface area (Å²) in [6, 6.07) is 10.4. The van der Waals surface area contributed by atoms with Crippen LogP contribution in [-0.4, -0.2) is 21.8 Å². The first kappa shape index (κ1) is 15.4. The number of rotatable bonds is 4. The fourth-order valence-electron chi connectivity index (χ4n) is 1.98. The third-order valence-electron chi connectivity index (χ3n) is 3.06. The summed E-state index contributed by atoms with van der Waals surface area (Å²) < 4.78 is 0. The van der Waals surface area contributed by atoms with Gasteiger partial charge in [-0.25, -0.2) is 4.98 Å². The minimum atomic E-state index is -0.852. The number of benzene rings is 1. The van der Waals surface area contributed by atoms with Gasteiger partial charge in [0.15, 0.2) is 0 Å². The molecule has 0 spiro atoms. The highest BCUT2D eigenvalue weighted by Gasteiger charge is 2.14. The quantitative estimate of drug-likeness (QED) is 0.516. The highest BCUT2D eigenvalue weighted by molar-refractivity contribution is 6.45. The lowest BCUT2D eigenvalue weighted by atomic mass is 10.0. The Morgan fingerprint density at radius 2 is 1.95 bits per heavy atom. The molecule has 112 valence electrons. The number of aryl methyl sites for hydroxylation is 2. The van der Waals surface area contributed by atoms with Crippen LogP contribution in [0.2, 0.25) is 0 Å². The van der Waals surface area contributed by atoms with Gasteiger partial charge < -0.3 is 10.4 Å². The van der Waals surface area contributed by atoms with Crippen molar-refractivity contribution >= 4 is 23.3 Å². The monoisotopic (exact) mass is 296 g/mol. The van der Waals surface area contributed by atoms with E-state index in [0.717, 1.165) is 17.2 Å². The summed E-state index contributed by atoms with van der Waals surface area (Å²) in [5.41, 5.74) is 2.39. The largest absolute Gasteiger partial charge is 0.507 e. The van der Waals surface area contributed by atoms with E-state index in [9.17, 15) is 14.7 Å². The molecule has 5 heteroatoms. The summed E-state index contributed by atoms with van der Waals surface area (Å²) in [4.78, 5) is 27.5. The summed E-state index contributed by atoms with van der Waals surface area (Å²) >= 11 is 0. The summed E-state index contributed by atoms with van der Waals surface area (Å²) in [7, 11) is 0. The standard InChI is InChI=1S/C17H16N2O3/c1-11-6-7-13(12(2)9-11)14(20)10-15(21)17(22)19-16-5-3-4-8-18-16/h3-10,20H,1-2H3,(H,18,19,22). The molecule has 0 aliphatic carbocycles. The van der Waals surface area contributed by atoms with Crippen LogP contribution in [0.5, 0.6) is 0 Å². The summed E-state index contributed by atoms with van der Waals surface area (Å²) in [5.74, 6) is -1.66. The van der Waals surface area contributed by atoms with Crippen molar-refractivity contribution in [1.29, 1.82) is 0 Å². The molecule has 0 aliphatic heterocycles. The van der Waals surface area contributed by atoms with Gasteiger partial charge in [-0.05, 0) is 31.5 Å². The Morgan fingerprint density at radius 3 is 2.59 bits per heavy atom. The number of hydrogen-bond donors (Lipinski definition) is 2. The number of aliphatic hydroxyl groups is 1. The predicted molar refractivity (Wildman–Crippen MR) is 84.4 cm³/mol. The van der Waals surface area contributed by atoms with Crippen molar-refractivity contribution in [3.63, 3.8) is 0 Å². The Kier molecular flexibility index (Phi) is 4.68. The molecule has 0 bridgehead atoms. The number of pyridine rings is 1. The maximum Gasteiger partial charge on any atom is 0.297 e. The number of nitrogens with zero attached hydrogens (tertiary/aromatic N) is 1. The molecule has 0 fully saturated rings. The first-order chi connectivity index (χ1) is 10.5. The van der Waals surface area contributed by atoms with Gasteiger partial charge in [-0.2, -0.15) is 0 Å². The minimum Gasteiger partial charge on any atom is -0.507 e. The van der Waals surface area contributed by atoms with E-state index in [1.807, 2.05) is 26.0 Å². The third kappa shape index (κ3) is 3.79. The van der Waals surface area contributed by atoms with E-state index in [0.29, 0.717) is 5.56 Å². The molecule has 0 atom stereocenters. The number of carbonyl (C=O) groups excluding carboxylic acids is 2. The Balaban J connectivity index is 2.13. The predicted octanol–water partition coefficient (Wildman–Crippen LogP) is 2.81. The van der Waals surface area contributed by atoms with E-state index in [4.69, 9.17) is 0 Å². The molecule has 22 heavy (non-hydrogen) atoms. The van der Waals surface area contributed by atoms with Crippen molar-refractivity contribution in [2.75, 3.05) is 5.32 Å². The fourth-order valence-corrected chi connectivity index (χ4v) is 1.98. The molecule has 0 saturated heterocycles. The van der Waals surface area contributed by atoms with Crippen LogP contribution in [0.3, 0.4) is 0 Å². The van der Waals surface area contributed by atoms with Gasteiger partial charge in [0.05, 0.1) is 0 Å². The fraction of sp³-hybridized carbons (Fsp3) is 0.118. The minimum absolute atomic E-state index is 0.237. The van der Waals surface area contributed by atoms with Crippen LogP contribution >= 0.6 is 0 Å². The highest BCUT2D eigenvalue weighted by Crippen LogP contribution is 2.18. The van der Waals surface area contributed by atoms with Gasteiger partial charge in [-0.15, -0.1) is 0 Å². The number of aromatic nitrogens is 1. The van der Waals surface area contributed by atoms with E-state index in [1.165, 1.54) is 6.20 Å². The number of carbonyl (C=O) groups is 2. The number of anilines is 1. The molecule has 1 heterocycles. The van der Waals surface area contributed by atoms with Gasteiger partial charge in [0.1, 0.15) is 11.6 Å². The molecule has 2 rings (SSSR count). The van der Waals surface area contributed by atoms with Crippen LogP contribution in [0.15, 0.2) is 48.7 Å². The molecule has 2 N–H and O–H groups in total. The number of aliphatic hydroxyl groups excluding tert-OH is 1.